The van der Waals surface area contributed by atoms with Crippen molar-refractivity contribution in [3.05, 3.63) is 84.5 Å². The van der Waals surface area contributed by atoms with Crippen LogP contribution < -0.4 is 0 Å². The molecule has 0 unspecified atom stereocenters. The molecule has 40 heavy (non-hydrogen) atoms. The summed E-state index contributed by atoms with van der Waals surface area (Å²) in [6, 6.07) is 18.9. The lowest BCUT2D eigenvalue weighted by atomic mass is 10.1. The standard InChI is InChI=1S/C19H23N3S.2C4H4O4.H2O/c1-21-11-13-22(14-12-21)19(20)15-16-7-5-6-10-18(16)23-17-8-3-2-4-9-17;2*5-3(6)1-2-4(7)8;/h2-10,20H,11-15H2,1H3;2*1-2H,(H,5,6)(H,7,8);1H2/b;2*2-1-;. The summed E-state index contributed by atoms with van der Waals surface area (Å²) in [6.07, 6.45) is 2.94. The molecule has 1 fully saturated rings. The molecule has 0 radical (unpaired) electrons. The molecule has 2 aromatic carbocycles. The molecule has 0 atom stereocenters. The fourth-order valence-electron chi connectivity index (χ4n) is 3.02. The van der Waals surface area contributed by atoms with E-state index in [-0.39, 0.29) is 5.48 Å². The van der Waals surface area contributed by atoms with Crippen LogP contribution >= 0.6 is 11.8 Å². The van der Waals surface area contributed by atoms with Crippen LogP contribution in [0.1, 0.15) is 5.56 Å². The van der Waals surface area contributed by atoms with Gasteiger partial charge in [0.2, 0.25) is 0 Å². The predicted octanol–water partition coefficient (Wildman–Crippen LogP) is 2.20. The van der Waals surface area contributed by atoms with Crippen LogP contribution in [-0.4, -0.2) is 98.6 Å². The average molecular weight is 576 g/mol. The van der Waals surface area contributed by atoms with E-state index in [1.54, 1.807) is 11.8 Å². The maximum atomic E-state index is 9.55. The van der Waals surface area contributed by atoms with E-state index in [4.69, 9.17) is 25.8 Å². The Morgan fingerprint density at radius 2 is 1.18 bits per heavy atom. The molecule has 12 nitrogen and oxygen atoms in total. The van der Waals surface area contributed by atoms with Crippen LogP contribution in [0.2, 0.25) is 0 Å². The van der Waals surface area contributed by atoms with E-state index in [0.29, 0.717) is 30.7 Å². The summed E-state index contributed by atoms with van der Waals surface area (Å²) in [5.41, 5.74) is 1.24. The molecular weight excluding hydrogens is 542 g/mol. The number of rotatable bonds is 8. The molecule has 0 aromatic heterocycles. The van der Waals surface area contributed by atoms with E-state index in [0.717, 1.165) is 32.0 Å². The Morgan fingerprint density at radius 3 is 1.62 bits per heavy atom. The lowest BCUT2D eigenvalue weighted by Crippen LogP contribution is -2.47. The second kappa shape index (κ2) is 19.6. The highest BCUT2D eigenvalue weighted by Crippen LogP contribution is 2.30. The zero-order valence-electron chi connectivity index (χ0n) is 21.8. The van der Waals surface area contributed by atoms with Gasteiger partial charge < -0.3 is 35.7 Å². The fraction of sp³-hybridized carbons (Fsp3) is 0.222. The zero-order valence-corrected chi connectivity index (χ0v) is 22.6. The minimum atomic E-state index is -1.26. The maximum Gasteiger partial charge on any atom is 0.328 e. The van der Waals surface area contributed by atoms with Crippen molar-refractivity contribution in [2.75, 3.05) is 33.2 Å². The number of aliphatic carboxylic acids is 4. The summed E-state index contributed by atoms with van der Waals surface area (Å²) >= 11 is 1.78. The average Bonchev–Trinajstić information content (AvgIpc) is 2.89. The third-order valence-electron chi connectivity index (χ3n) is 4.92. The van der Waals surface area contributed by atoms with Crippen molar-refractivity contribution in [2.24, 2.45) is 0 Å². The molecule has 0 aliphatic carbocycles. The van der Waals surface area contributed by atoms with E-state index in [1.807, 2.05) is 6.07 Å². The van der Waals surface area contributed by atoms with Gasteiger partial charge in [0.1, 0.15) is 5.84 Å². The number of piperazine rings is 1. The van der Waals surface area contributed by atoms with Crippen LogP contribution in [0.15, 0.2) is 88.7 Å². The second-order valence-electron chi connectivity index (χ2n) is 7.96. The molecule has 1 aliphatic heterocycles. The van der Waals surface area contributed by atoms with Crippen molar-refractivity contribution < 1.29 is 45.1 Å². The number of hydrogen-bond donors (Lipinski definition) is 5. The minimum absolute atomic E-state index is 0. The topological polar surface area (TPSA) is 211 Å². The van der Waals surface area contributed by atoms with Gasteiger partial charge in [0.05, 0.1) is 0 Å². The summed E-state index contributed by atoms with van der Waals surface area (Å²) in [5.74, 6) is -4.29. The number of carboxylic acids is 4. The van der Waals surface area contributed by atoms with Crippen molar-refractivity contribution in [3.63, 3.8) is 0 Å². The molecule has 13 heteroatoms. The van der Waals surface area contributed by atoms with E-state index >= 15 is 0 Å². The van der Waals surface area contributed by atoms with Gasteiger partial charge >= 0.3 is 23.9 Å². The SMILES string of the molecule is CN1CCN(C(=N)Cc2ccccc2Sc2ccccc2)CC1.O.O=C(O)/C=C\C(=O)O.O=C(O)/C=C\C(=O)O. The maximum absolute atomic E-state index is 9.55. The molecular formula is C27H33N3O9S. The first kappa shape index (κ1) is 35.5. The summed E-state index contributed by atoms with van der Waals surface area (Å²) < 4.78 is 0. The molecule has 0 spiro atoms. The Hall–Kier alpha value is -4.46. The van der Waals surface area contributed by atoms with Gasteiger partial charge in [-0.2, -0.15) is 0 Å². The van der Waals surface area contributed by atoms with Gasteiger partial charge in [-0.05, 0) is 30.8 Å². The van der Waals surface area contributed by atoms with Crippen molar-refractivity contribution in [1.82, 2.24) is 9.80 Å². The first-order valence-electron chi connectivity index (χ1n) is 11.6. The van der Waals surface area contributed by atoms with Gasteiger partial charge in [0.25, 0.3) is 0 Å². The number of nitrogens with one attached hydrogen (secondary N) is 1. The summed E-state index contributed by atoms with van der Waals surface area (Å²) in [7, 11) is 2.15. The Bertz CT molecular complexity index is 1110. The zero-order chi connectivity index (χ0) is 29.2. The smallest absolute Gasteiger partial charge is 0.328 e. The van der Waals surface area contributed by atoms with Crippen LogP contribution in [0.5, 0.6) is 0 Å². The van der Waals surface area contributed by atoms with E-state index in [1.165, 1.54) is 15.4 Å². The van der Waals surface area contributed by atoms with Crippen LogP contribution in [0.4, 0.5) is 0 Å². The van der Waals surface area contributed by atoms with Crippen molar-refractivity contribution in [2.45, 2.75) is 16.2 Å². The first-order valence-corrected chi connectivity index (χ1v) is 12.4. The highest BCUT2D eigenvalue weighted by molar-refractivity contribution is 7.99. The summed E-state index contributed by atoms with van der Waals surface area (Å²) in [6.45, 7) is 4.01. The molecule has 0 saturated carbocycles. The molecule has 3 rings (SSSR count). The second-order valence-corrected chi connectivity index (χ2v) is 9.07. The molecule has 0 bridgehead atoms. The molecule has 216 valence electrons. The Labute approximate surface area is 235 Å². The molecule has 0 amide bonds. The van der Waals surface area contributed by atoms with Crippen LogP contribution in [0, 0.1) is 5.41 Å². The van der Waals surface area contributed by atoms with E-state index in [9.17, 15) is 19.2 Å². The third-order valence-corrected chi connectivity index (χ3v) is 6.05. The van der Waals surface area contributed by atoms with Crippen LogP contribution in [-0.2, 0) is 25.6 Å². The normalized spacial score (nSPS) is 12.8. The lowest BCUT2D eigenvalue weighted by molar-refractivity contribution is -0.134. The minimum Gasteiger partial charge on any atom is -0.478 e. The molecule has 1 heterocycles. The highest BCUT2D eigenvalue weighted by atomic mass is 32.2. The lowest BCUT2D eigenvalue weighted by Gasteiger charge is -2.34. The predicted molar refractivity (Wildman–Crippen MR) is 150 cm³/mol. The number of amidine groups is 1. The molecule has 1 aliphatic rings. The van der Waals surface area contributed by atoms with Gasteiger partial charge in [-0.3, -0.25) is 5.41 Å². The Morgan fingerprint density at radius 1 is 0.750 bits per heavy atom. The quantitative estimate of drug-likeness (QED) is 0.175. The summed E-state index contributed by atoms with van der Waals surface area (Å²) in [5, 5.41) is 39.7. The molecule has 1 saturated heterocycles. The Kier molecular flexibility index (Phi) is 17.4. The first-order chi connectivity index (χ1) is 18.5. The van der Waals surface area contributed by atoms with Gasteiger partial charge in [-0.1, -0.05) is 48.2 Å². The number of carbonyl (C=O) groups is 4. The molecule has 2 aromatic rings. The van der Waals surface area contributed by atoms with E-state index in [2.05, 4.69) is 65.4 Å². The Balaban J connectivity index is 0.000000744. The molecule has 7 N–H and O–H groups in total. The highest BCUT2D eigenvalue weighted by Gasteiger charge is 2.17. The van der Waals surface area contributed by atoms with Gasteiger partial charge in [0.15, 0.2) is 0 Å². The van der Waals surface area contributed by atoms with Crippen molar-refractivity contribution >= 4 is 41.5 Å². The van der Waals surface area contributed by atoms with Crippen molar-refractivity contribution in [1.29, 1.82) is 5.41 Å². The van der Waals surface area contributed by atoms with Gasteiger partial charge in [0, 0.05) is 66.7 Å². The fourth-order valence-corrected chi connectivity index (χ4v) is 3.98. The van der Waals surface area contributed by atoms with E-state index < -0.39 is 23.9 Å². The van der Waals surface area contributed by atoms with Crippen LogP contribution in [0.3, 0.4) is 0 Å². The third kappa shape index (κ3) is 16.4. The summed E-state index contributed by atoms with van der Waals surface area (Å²) in [4.78, 5) is 45.2. The monoisotopic (exact) mass is 575 g/mol. The van der Waals surface area contributed by atoms with Crippen molar-refractivity contribution in [3.8, 4) is 0 Å². The van der Waals surface area contributed by atoms with Gasteiger partial charge in [-0.15, -0.1) is 0 Å². The largest absolute Gasteiger partial charge is 0.478 e. The number of benzene rings is 2. The number of hydrogen-bond acceptors (Lipinski definition) is 7. The number of likely N-dealkylation sites (N-methyl/N-ethyl adjacent to an activating group) is 1. The van der Waals surface area contributed by atoms with Gasteiger partial charge in [-0.25, -0.2) is 19.2 Å². The number of nitrogens with zero attached hydrogens (tertiary/aromatic N) is 2. The van der Waals surface area contributed by atoms with Crippen LogP contribution in [0.25, 0.3) is 0 Å². The number of carboxylic acid groups (broad SMARTS) is 4.